The van der Waals surface area contributed by atoms with E-state index < -0.39 is 6.03 Å². The van der Waals surface area contributed by atoms with Crippen LogP contribution in [0.2, 0.25) is 10.0 Å². The van der Waals surface area contributed by atoms with E-state index in [4.69, 9.17) is 27.9 Å². The number of hydrogen-bond donors (Lipinski definition) is 1. The van der Waals surface area contributed by atoms with Gasteiger partial charge in [-0.15, -0.1) is 0 Å². The number of nitrogens with zero attached hydrogens (tertiary/aromatic N) is 3. The van der Waals surface area contributed by atoms with Crippen molar-refractivity contribution in [1.29, 1.82) is 0 Å². The van der Waals surface area contributed by atoms with Crippen LogP contribution in [0.3, 0.4) is 0 Å². The van der Waals surface area contributed by atoms with Crippen molar-refractivity contribution in [2.24, 2.45) is 5.10 Å². The van der Waals surface area contributed by atoms with Gasteiger partial charge in [-0.3, -0.25) is 4.79 Å². The van der Waals surface area contributed by atoms with Gasteiger partial charge in [0.1, 0.15) is 5.75 Å². The van der Waals surface area contributed by atoms with Gasteiger partial charge in [-0.2, -0.15) is 10.1 Å². The summed E-state index contributed by atoms with van der Waals surface area (Å²) < 4.78 is 7.31. The molecule has 2 heterocycles. The van der Waals surface area contributed by atoms with Crippen LogP contribution in [0.15, 0.2) is 52.6 Å². The molecule has 7 nitrogen and oxygen atoms in total. The first-order valence-electron chi connectivity index (χ1n) is 7.99. The first kappa shape index (κ1) is 19.0. The maximum atomic E-state index is 12.0. The van der Waals surface area contributed by atoms with Gasteiger partial charge >= 0.3 is 6.03 Å². The van der Waals surface area contributed by atoms with Crippen LogP contribution in [0.25, 0.3) is 0 Å². The Kier molecular flexibility index (Phi) is 5.25. The second kappa shape index (κ2) is 7.46. The highest BCUT2D eigenvalue weighted by molar-refractivity contribution is 6.37. The van der Waals surface area contributed by atoms with E-state index in [1.165, 1.54) is 35.0 Å². The van der Waals surface area contributed by atoms with E-state index in [1.54, 1.807) is 6.20 Å². The number of ether oxygens (including phenoxy) is 1. The van der Waals surface area contributed by atoms with Gasteiger partial charge in [0.15, 0.2) is 5.75 Å². The average molecular weight is 407 g/mol. The van der Waals surface area contributed by atoms with Gasteiger partial charge in [-0.25, -0.2) is 4.79 Å². The molecule has 1 aliphatic rings. The van der Waals surface area contributed by atoms with Gasteiger partial charge < -0.3 is 14.6 Å². The topological polar surface area (TPSA) is 75.9 Å². The summed E-state index contributed by atoms with van der Waals surface area (Å²) in [4.78, 5) is 23.9. The lowest BCUT2D eigenvalue weighted by atomic mass is 10.3. The molecule has 0 saturated heterocycles. The molecule has 2 amide bonds. The summed E-state index contributed by atoms with van der Waals surface area (Å²) in [7, 11) is 0. The van der Waals surface area contributed by atoms with Crippen molar-refractivity contribution < 1.29 is 9.53 Å². The highest BCUT2D eigenvalue weighted by atomic mass is 35.5. The van der Waals surface area contributed by atoms with Gasteiger partial charge in [-0.1, -0.05) is 29.8 Å². The Bertz CT molecular complexity index is 991. The second-order valence-electron chi connectivity index (χ2n) is 6.06. The van der Waals surface area contributed by atoms with Gasteiger partial charge in [0.05, 0.1) is 33.8 Å². The number of rotatable bonds is 4. The van der Waals surface area contributed by atoms with Crippen LogP contribution in [0.4, 0.5) is 10.5 Å². The van der Waals surface area contributed by atoms with Crippen molar-refractivity contribution >= 4 is 41.1 Å². The van der Waals surface area contributed by atoms with Crippen LogP contribution in [0, 0.1) is 0 Å². The molecule has 0 radical (unpaired) electrons. The normalized spacial score (nSPS) is 13.9. The maximum Gasteiger partial charge on any atom is 0.347 e. The number of hydrogen-bond acceptors (Lipinski definition) is 4. The Hall–Kier alpha value is -2.77. The molecule has 1 aromatic heterocycles. The van der Waals surface area contributed by atoms with E-state index in [0.29, 0.717) is 17.1 Å². The van der Waals surface area contributed by atoms with Crippen molar-refractivity contribution in [3.8, 4) is 11.5 Å². The van der Waals surface area contributed by atoms with Crippen molar-refractivity contribution in [3.63, 3.8) is 0 Å². The fraction of sp³-hybridized carbons (Fsp3) is 0.167. The molecule has 1 aromatic carbocycles. The van der Waals surface area contributed by atoms with E-state index in [0.717, 1.165) is 5.01 Å². The van der Waals surface area contributed by atoms with E-state index in [2.05, 4.69) is 17.0 Å². The number of urea groups is 1. The number of allylic oxidation sites excluding steroid dienone is 1. The van der Waals surface area contributed by atoms with Crippen LogP contribution in [-0.4, -0.2) is 16.8 Å². The highest BCUT2D eigenvalue weighted by Gasteiger charge is 2.22. The predicted octanol–water partition coefficient (Wildman–Crippen LogP) is 4.56. The molecule has 0 bridgehead atoms. The molecule has 1 N–H and O–H groups in total. The molecule has 140 valence electrons. The summed E-state index contributed by atoms with van der Waals surface area (Å²) in [6, 6.07) is 5.45. The lowest BCUT2D eigenvalue weighted by Crippen LogP contribution is -2.40. The lowest BCUT2D eigenvalue weighted by Gasteiger charge is -2.22. The Morgan fingerprint density at radius 1 is 1.19 bits per heavy atom. The number of hydrazone groups is 1. The molecule has 0 fully saturated rings. The predicted molar refractivity (Wildman–Crippen MR) is 106 cm³/mol. The third-order valence-corrected chi connectivity index (χ3v) is 4.27. The minimum atomic E-state index is -0.479. The van der Waals surface area contributed by atoms with E-state index in [-0.39, 0.29) is 27.4 Å². The van der Waals surface area contributed by atoms with Crippen molar-refractivity contribution in [1.82, 2.24) is 9.88 Å². The largest absolute Gasteiger partial charge is 0.453 e. The van der Waals surface area contributed by atoms with Gasteiger partial charge in [-0.05, 0) is 32.0 Å². The number of carbonyl (C=O) groups excluding carboxylic acids is 1. The molecule has 0 aliphatic carbocycles. The third kappa shape index (κ3) is 3.99. The van der Waals surface area contributed by atoms with Gasteiger partial charge in [0, 0.05) is 12.1 Å². The van der Waals surface area contributed by atoms with Crippen LogP contribution < -0.4 is 20.6 Å². The molecule has 3 rings (SSSR count). The Labute approximate surface area is 165 Å². The number of amides is 2. The summed E-state index contributed by atoms with van der Waals surface area (Å²) in [5, 5.41) is 8.02. The molecule has 0 saturated carbocycles. The first-order chi connectivity index (χ1) is 12.8. The van der Waals surface area contributed by atoms with Crippen molar-refractivity contribution in [2.75, 3.05) is 5.01 Å². The number of aromatic nitrogens is 1. The van der Waals surface area contributed by atoms with Crippen LogP contribution in [-0.2, 0) is 0 Å². The summed E-state index contributed by atoms with van der Waals surface area (Å²) in [5.74, 6) is 0.617. The van der Waals surface area contributed by atoms with E-state index >= 15 is 0 Å². The van der Waals surface area contributed by atoms with Gasteiger partial charge in [0.25, 0.3) is 5.56 Å². The fourth-order valence-electron chi connectivity index (χ4n) is 2.42. The second-order valence-corrected chi connectivity index (χ2v) is 6.87. The Morgan fingerprint density at radius 3 is 2.44 bits per heavy atom. The number of carbonyl (C=O) groups is 1. The monoisotopic (exact) mass is 406 g/mol. The molecule has 1 aliphatic heterocycles. The number of benzene rings is 1. The number of halogens is 2. The van der Waals surface area contributed by atoms with Crippen LogP contribution >= 0.6 is 23.2 Å². The molecular weight excluding hydrogens is 391 g/mol. The molecule has 2 aromatic rings. The number of pyridine rings is 1. The zero-order valence-corrected chi connectivity index (χ0v) is 16.1. The number of anilines is 1. The minimum Gasteiger partial charge on any atom is -0.453 e. The van der Waals surface area contributed by atoms with Crippen molar-refractivity contribution in [3.05, 3.63) is 63.1 Å². The molecule has 9 heteroatoms. The lowest BCUT2D eigenvalue weighted by molar-refractivity contribution is 0.248. The zero-order chi connectivity index (χ0) is 19.7. The SMILES string of the molecule is C=C1C=NN(c2cc(Cl)c(Oc3ccc(=O)n(C(C)C)c3)c(Cl)c2)C(=O)N1. The number of nitrogens with one attached hydrogen (secondary N) is 1. The smallest absolute Gasteiger partial charge is 0.347 e. The zero-order valence-electron chi connectivity index (χ0n) is 14.6. The molecule has 0 spiro atoms. The van der Waals surface area contributed by atoms with Crippen LogP contribution in [0.1, 0.15) is 19.9 Å². The van der Waals surface area contributed by atoms with E-state index in [1.807, 2.05) is 13.8 Å². The minimum absolute atomic E-state index is 0.0282. The van der Waals surface area contributed by atoms with Crippen LogP contribution in [0.5, 0.6) is 11.5 Å². The maximum absolute atomic E-state index is 12.0. The quantitative estimate of drug-likeness (QED) is 0.808. The third-order valence-electron chi connectivity index (χ3n) is 3.70. The summed E-state index contributed by atoms with van der Waals surface area (Å²) in [6.45, 7) is 7.39. The Balaban J connectivity index is 1.93. The van der Waals surface area contributed by atoms with Gasteiger partial charge in [0.2, 0.25) is 0 Å². The molecular formula is C18H16Cl2N4O3. The highest BCUT2D eigenvalue weighted by Crippen LogP contribution is 2.40. The summed E-state index contributed by atoms with van der Waals surface area (Å²) in [5.41, 5.74) is 0.611. The average Bonchev–Trinajstić information content (AvgIpc) is 2.59. The fourth-order valence-corrected chi connectivity index (χ4v) is 2.97. The summed E-state index contributed by atoms with van der Waals surface area (Å²) in [6.07, 6.45) is 2.99. The summed E-state index contributed by atoms with van der Waals surface area (Å²) >= 11 is 12.6. The van der Waals surface area contributed by atoms with E-state index in [9.17, 15) is 9.59 Å². The standard InChI is InChI=1S/C18H16Cl2N4O3/c1-10(2)23-9-13(4-5-16(23)25)27-17-14(19)6-12(7-15(17)20)24-18(26)22-11(3)8-21-24/h4-10H,3H2,1-2H3,(H,22,26). The molecule has 0 atom stereocenters. The Morgan fingerprint density at radius 2 is 1.85 bits per heavy atom. The van der Waals surface area contributed by atoms with Crippen molar-refractivity contribution in [2.45, 2.75) is 19.9 Å². The first-order valence-corrected chi connectivity index (χ1v) is 8.75. The molecule has 0 unspecified atom stereocenters. The molecule has 27 heavy (non-hydrogen) atoms.